The van der Waals surface area contributed by atoms with E-state index in [0.717, 1.165) is 32.1 Å². The van der Waals surface area contributed by atoms with Crippen LogP contribution in [-0.2, 0) is 18.3 Å². The summed E-state index contributed by atoms with van der Waals surface area (Å²) in [6.45, 7) is 0. The van der Waals surface area contributed by atoms with Gasteiger partial charge < -0.3 is 0 Å². The minimum Gasteiger partial charge on any atom is -0.299 e. The lowest BCUT2D eigenvalue weighted by Crippen LogP contribution is -2.24. The fraction of sp³-hybridized carbons (Fsp3) is 0.444. The maximum atomic E-state index is 12.2. The van der Waals surface area contributed by atoms with E-state index in [1.807, 2.05) is 24.0 Å². The number of ketones is 1. The molecular formula is C18H22N2O. The molecule has 1 heterocycles. The summed E-state index contributed by atoms with van der Waals surface area (Å²) in [6.07, 6.45) is 6.45. The van der Waals surface area contributed by atoms with Gasteiger partial charge in [-0.15, -0.1) is 0 Å². The van der Waals surface area contributed by atoms with Crippen molar-refractivity contribution in [2.45, 2.75) is 38.0 Å². The van der Waals surface area contributed by atoms with Crippen LogP contribution in [0.4, 0.5) is 0 Å². The Morgan fingerprint density at radius 2 is 2.05 bits per heavy atom. The SMILES string of the molecule is Cn1nccc1CCC1CC(c2ccccc2)CCC1=O. The number of hydrogen-bond acceptors (Lipinski definition) is 2. The molecular weight excluding hydrogens is 260 g/mol. The van der Waals surface area contributed by atoms with Gasteiger partial charge in [0.05, 0.1) is 0 Å². The van der Waals surface area contributed by atoms with E-state index in [0.29, 0.717) is 11.7 Å². The van der Waals surface area contributed by atoms with E-state index in [1.165, 1.54) is 11.3 Å². The number of carbonyl (C=O) groups excluding carboxylic acids is 1. The standard InChI is InChI=1S/C18H22N2O/c1-20-17(11-12-19-20)9-7-16-13-15(8-10-18(16)21)14-5-3-2-4-6-14/h2-6,11-12,15-16H,7-10,13H2,1H3. The average molecular weight is 282 g/mol. The molecule has 2 aromatic rings. The third-order valence-electron chi connectivity index (χ3n) is 4.71. The minimum absolute atomic E-state index is 0.207. The summed E-state index contributed by atoms with van der Waals surface area (Å²) in [4.78, 5) is 12.2. The van der Waals surface area contributed by atoms with E-state index < -0.39 is 0 Å². The van der Waals surface area contributed by atoms with Crippen LogP contribution >= 0.6 is 0 Å². The molecule has 21 heavy (non-hydrogen) atoms. The van der Waals surface area contributed by atoms with Crippen LogP contribution in [-0.4, -0.2) is 15.6 Å². The Bertz CT molecular complexity index is 603. The highest BCUT2D eigenvalue weighted by molar-refractivity contribution is 5.82. The van der Waals surface area contributed by atoms with Crippen LogP contribution in [0.25, 0.3) is 0 Å². The lowest BCUT2D eigenvalue weighted by atomic mass is 9.75. The summed E-state index contributed by atoms with van der Waals surface area (Å²) in [5, 5.41) is 4.19. The third-order valence-corrected chi connectivity index (χ3v) is 4.71. The number of Topliss-reactive ketones (excluding diaryl/α,β-unsaturated/α-hetero) is 1. The number of aromatic nitrogens is 2. The maximum Gasteiger partial charge on any atom is 0.136 e. The molecule has 1 aliphatic carbocycles. The fourth-order valence-corrected chi connectivity index (χ4v) is 3.39. The second kappa shape index (κ2) is 6.25. The molecule has 1 aliphatic rings. The molecule has 3 rings (SSSR count). The maximum absolute atomic E-state index is 12.2. The van der Waals surface area contributed by atoms with Gasteiger partial charge in [0, 0.05) is 31.3 Å². The molecule has 0 radical (unpaired) electrons. The molecule has 1 aromatic carbocycles. The van der Waals surface area contributed by atoms with E-state index in [4.69, 9.17) is 0 Å². The van der Waals surface area contributed by atoms with Gasteiger partial charge in [0.15, 0.2) is 0 Å². The van der Waals surface area contributed by atoms with Crippen molar-refractivity contribution >= 4 is 5.78 Å². The number of hydrogen-bond donors (Lipinski definition) is 0. The Balaban J connectivity index is 1.64. The molecule has 0 saturated heterocycles. The van der Waals surface area contributed by atoms with Crippen LogP contribution in [0.5, 0.6) is 0 Å². The highest BCUT2D eigenvalue weighted by Crippen LogP contribution is 2.36. The molecule has 0 amide bonds. The second-order valence-electron chi connectivity index (χ2n) is 6.03. The van der Waals surface area contributed by atoms with Gasteiger partial charge in [0.25, 0.3) is 0 Å². The highest BCUT2D eigenvalue weighted by Gasteiger charge is 2.29. The Labute approximate surface area is 126 Å². The Kier molecular flexibility index (Phi) is 4.18. The molecule has 0 bridgehead atoms. The van der Waals surface area contributed by atoms with Crippen LogP contribution in [0.2, 0.25) is 0 Å². The topological polar surface area (TPSA) is 34.9 Å². The van der Waals surface area contributed by atoms with Crippen molar-refractivity contribution in [1.29, 1.82) is 0 Å². The summed E-state index contributed by atoms with van der Waals surface area (Å²) < 4.78 is 1.90. The predicted octanol–water partition coefficient (Wildman–Crippen LogP) is 3.51. The lowest BCUT2D eigenvalue weighted by Gasteiger charge is -2.28. The first kappa shape index (κ1) is 14.1. The zero-order chi connectivity index (χ0) is 14.7. The number of aryl methyl sites for hydroxylation is 2. The Morgan fingerprint density at radius 1 is 1.24 bits per heavy atom. The Morgan fingerprint density at radius 3 is 2.76 bits per heavy atom. The van der Waals surface area contributed by atoms with Gasteiger partial charge >= 0.3 is 0 Å². The molecule has 0 N–H and O–H groups in total. The summed E-state index contributed by atoms with van der Waals surface area (Å²) in [5.41, 5.74) is 2.60. The fourth-order valence-electron chi connectivity index (χ4n) is 3.39. The van der Waals surface area contributed by atoms with Gasteiger partial charge in [-0.05, 0) is 43.2 Å². The van der Waals surface area contributed by atoms with Gasteiger partial charge in [-0.1, -0.05) is 30.3 Å². The molecule has 0 spiro atoms. The van der Waals surface area contributed by atoms with Crippen molar-refractivity contribution < 1.29 is 4.79 Å². The molecule has 2 atom stereocenters. The molecule has 3 heteroatoms. The normalized spacial score (nSPS) is 22.4. The summed E-state index contributed by atoms with van der Waals surface area (Å²) >= 11 is 0. The van der Waals surface area contributed by atoms with Crippen molar-refractivity contribution in [2.75, 3.05) is 0 Å². The van der Waals surface area contributed by atoms with E-state index in [1.54, 1.807) is 0 Å². The quantitative estimate of drug-likeness (QED) is 0.860. The van der Waals surface area contributed by atoms with Gasteiger partial charge in [0.1, 0.15) is 5.78 Å². The number of carbonyl (C=O) groups is 1. The van der Waals surface area contributed by atoms with Crippen LogP contribution in [0.1, 0.15) is 42.9 Å². The van der Waals surface area contributed by atoms with Gasteiger partial charge in [0.2, 0.25) is 0 Å². The average Bonchev–Trinajstić information content (AvgIpc) is 2.93. The largest absolute Gasteiger partial charge is 0.299 e. The van der Waals surface area contributed by atoms with Crippen molar-refractivity contribution in [3.8, 4) is 0 Å². The zero-order valence-electron chi connectivity index (χ0n) is 12.5. The first-order valence-electron chi connectivity index (χ1n) is 7.78. The van der Waals surface area contributed by atoms with E-state index in [9.17, 15) is 4.79 Å². The second-order valence-corrected chi connectivity index (χ2v) is 6.03. The molecule has 0 aliphatic heterocycles. The monoisotopic (exact) mass is 282 g/mol. The smallest absolute Gasteiger partial charge is 0.136 e. The van der Waals surface area contributed by atoms with Gasteiger partial charge in [-0.3, -0.25) is 9.48 Å². The molecule has 2 unspecified atom stereocenters. The van der Waals surface area contributed by atoms with Crippen molar-refractivity contribution in [3.63, 3.8) is 0 Å². The highest BCUT2D eigenvalue weighted by atomic mass is 16.1. The van der Waals surface area contributed by atoms with Crippen molar-refractivity contribution in [3.05, 3.63) is 53.9 Å². The van der Waals surface area contributed by atoms with Crippen LogP contribution in [0, 0.1) is 5.92 Å². The lowest BCUT2D eigenvalue weighted by molar-refractivity contribution is -0.125. The minimum atomic E-state index is 0.207. The number of benzene rings is 1. The number of nitrogens with zero attached hydrogens (tertiary/aromatic N) is 2. The summed E-state index contributed by atoms with van der Waals surface area (Å²) in [6, 6.07) is 12.7. The molecule has 1 aromatic heterocycles. The van der Waals surface area contributed by atoms with E-state index in [2.05, 4.69) is 35.4 Å². The first-order valence-corrected chi connectivity index (χ1v) is 7.78. The van der Waals surface area contributed by atoms with E-state index in [-0.39, 0.29) is 5.92 Å². The first-order chi connectivity index (χ1) is 10.2. The molecule has 1 saturated carbocycles. The molecule has 110 valence electrons. The zero-order valence-corrected chi connectivity index (χ0v) is 12.5. The number of rotatable bonds is 4. The third kappa shape index (κ3) is 3.23. The molecule has 3 nitrogen and oxygen atoms in total. The Hall–Kier alpha value is -1.90. The van der Waals surface area contributed by atoms with Crippen LogP contribution < -0.4 is 0 Å². The van der Waals surface area contributed by atoms with E-state index >= 15 is 0 Å². The molecule has 1 fully saturated rings. The summed E-state index contributed by atoms with van der Waals surface area (Å²) in [5.74, 6) is 1.20. The van der Waals surface area contributed by atoms with Crippen molar-refractivity contribution in [2.24, 2.45) is 13.0 Å². The van der Waals surface area contributed by atoms with Crippen molar-refractivity contribution in [1.82, 2.24) is 9.78 Å². The van der Waals surface area contributed by atoms with Gasteiger partial charge in [-0.25, -0.2) is 0 Å². The predicted molar refractivity (Wildman–Crippen MR) is 83.1 cm³/mol. The summed E-state index contributed by atoms with van der Waals surface area (Å²) in [7, 11) is 1.96. The van der Waals surface area contributed by atoms with Crippen LogP contribution in [0.3, 0.4) is 0 Å². The van der Waals surface area contributed by atoms with Gasteiger partial charge in [-0.2, -0.15) is 5.10 Å². The van der Waals surface area contributed by atoms with Crippen LogP contribution in [0.15, 0.2) is 42.6 Å².